The molecule has 2 fully saturated rings. The second-order valence-electron chi connectivity index (χ2n) is 6.35. The number of likely N-dealkylation sites (tertiary alicyclic amines) is 1. The fraction of sp³-hybridized carbons (Fsp3) is 0.929. The zero-order chi connectivity index (χ0) is 16.2. The molecule has 1 saturated carbocycles. The molecule has 128 valence electrons. The van der Waals surface area contributed by atoms with Crippen LogP contribution in [0.25, 0.3) is 0 Å². The SMILES string of the molecule is O=C(NC1CCC(CO)CC1)NC1CCN(CC(F)(F)F)C1. The minimum absolute atomic E-state index is 0.0930. The van der Waals surface area contributed by atoms with Crippen LogP contribution in [0, 0.1) is 5.92 Å². The molecule has 0 radical (unpaired) electrons. The number of carbonyl (C=O) groups excluding carboxylic acids is 1. The molecule has 0 aromatic carbocycles. The van der Waals surface area contributed by atoms with Crippen LogP contribution in [-0.4, -0.2) is 60.5 Å². The third-order valence-corrected chi connectivity index (χ3v) is 4.45. The van der Waals surface area contributed by atoms with E-state index < -0.39 is 12.7 Å². The van der Waals surface area contributed by atoms with Gasteiger partial charge < -0.3 is 15.7 Å². The molecule has 2 aliphatic rings. The third kappa shape index (κ3) is 5.64. The summed E-state index contributed by atoms with van der Waals surface area (Å²) in [6, 6.07) is -0.432. The van der Waals surface area contributed by atoms with Crippen LogP contribution in [0.4, 0.5) is 18.0 Å². The number of amides is 2. The summed E-state index contributed by atoms with van der Waals surface area (Å²) in [6.07, 6.45) is -0.190. The van der Waals surface area contributed by atoms with Gasteiger partial charge >= 0.3 is 12.2 Å². The Hall–Kier alpha value is -1.02. The Balaban J connectivity index is 1.66. The first-order valence-electron chi connectivity index (χ1n) is 7.82. The maximum atomic E-state index is 12.3. The average Bonchev–Trinajstić information content (AvgIpc) is 2.84. The number of hydrogen-bond donors (Lipinski definition) is 3. The van der Waals surface area contributed by atoms with Gasteiger partial charge in [-0.1, -0.05) is 0 Å². The highest BCUT2D eigenvalue weighted by Crippen LogP contribution is 2.24. The van der Waals surface area contributed by atoms with E-state index in [9.17, 15) is 18.0 Å². The van der Waals surface area contributed by atoms with Crippen molar-refractivity contribution in [2.45, 2.75) is 50.4 Å². The topological polar surface area (TPSA) is 64.6 Å². The summed E-state index contributed by atoms with van der Waals surface area (Å²) in [4.78, 5) is 13.2. The number of aliphatic hydroxyl groups excluding tert-OH is 1. The number of alkyl halides is 3. The molecule has 1 heterocycles. The minimum atomic E-state index is -4.19. The molecule has 22 heavy (non-hydrogen) atoms. The van der Waals surface area contributed by atoms with Crippen LogP contribution < -0.4 is 10.6 Å². The zero-order valence-corrected chi connectivity index (χ0v) is 12.5. The molecule has 8 heteroatoms. The van der Waals surface area contributed by atoms with E-state index in [2.05, 4.69) is 10.6 Å². The molecule has 2 rings (SSSR count). The van der Waals surface area contributed by atoms with Gasteiger partial charge in [0.15, 0.2) is 0 Å². The lowest BCUT2D eigenvalue weighted by atomic mass is 9.87. The van der Waals surface area contributed by atoms with Gasteiger partial charge in [0, 0.05) is 31.8 Å². The molecule has 1 saturated heterocycles. The normalized spacial score (nSPS) is 30.3. The van der Waals surface area contributed by atoms with E-state index in [-0.39, 0.29) is 31.3 Å². The van der Waals surface area contributed by atoms with Gasteiger partial charge in [-0.05, 0) is 38.0 Å². The Morgan fingerprint density at radius 3 is 2.32 bits per heavy atom. The summed E-state index contributed by atoms with van der Waals surface area (Å²) in [5.74, 6) is 0.326. The molecule has 1 atom stereocenters. The third-order valence-electron chi connectivity index (χ3n) is 4.45. The summed E-state index contributed by atoms with van der Waals surface area (Å²) >= 11 is 0. The largest absolute Gasteiger partial charge is 0.401 e. The van der Waals surface area contributed by atoms with Crippen molar-refractivity contribution < 1.29 is 23.1 Å². The highest BCUT2D eigenvalue weighted by Gasteiger charge is 2.34. The first kappa shape index (κ1) is 17.3. The molecular formula is C14H24F3N3O2. The Morgan fingerprint density at radius 2 is 1.73 bits per heavy atom. The summed E-state index contributed by atoms with van der Waals surface area (Å²) in [6.45, 7) is -0.135. The predicted octanol–water partition coefficient (Wildman–Crippen LogP) is 1.47. The van der Waals surface area contributed by atoms with E-state index in [1.165, 1.54) is 4.90 Å². The van der Waals surface area contributed by atoms with Crippen molar-refractivity contribution in [1.29, 1.82) is 0 Å². The Kier molecular flexibility index (Phi) is 5.91. The van der Waals surface area contributed by atoms with Crippen LogP contribution in [-0.2, 0) is 0 Å². The van der Waals surface area contributed by atoms with Crippen molar-refractivity contribution in [3.05, 3.63) is 0 Å². The molecule has 2 amide bonds. The van der Waals surface area contributed by atoms with Crippen molar-refractivity contribution in [1.82, 2.24) is 15.5 Å². The summed E-state index contributed by atoms with van der Waals surface area (Å²) in [7, 11) is 0. The number of carbonyl (C=O) groups is 1. The maximum absolute atomic E-state index is 12.3. The van der Waals surface area contributed by atoms with Crippen molar-refractivity contribution in [2.75, 3.05) is 26.2 Å². The maximum Gasteiger partial charge on any atom is 0.401 e. The quantitative estimate of drug-likeness (QED) is 0.734. The predicted molar refractivity (Wildman–Crippen MR) is 75.4 cm³/mol. The van der Waals surface area contributed by atoms with E-state index in [1.807, 2.05) is 0 Å². The number of urea groups is 1. The van der Waals surface area contributed by atoms with Gasteiger partial charge in [-0.15, -0.1) is 0 Å². The molecule has 3 N–H and O–H groups in total. The zero-order valence-electron chi connectivity index (χ0n) is 12.5. The fourth-order valence-corrected chi connectivity index (χ4v) is 3.25. The van der Waals surface area contributed by atoms with Crippen LogP contribution in [0.15, 0.2) is 0 Å². The second-order valence-corrected chi connectivity index (χ2v) is 6.35. The molecule has 5 nitrogen and oxygen atoms in total. The molecule has 0 bridgehead atoms. The Bertz CT molecular complexity index is 371. The minimum Gasteiger partial charge on any atom is -0.396 e. The van der Waals surface area contributed by atoms with E-state index in [0.717, 1.165) is 25.7 Å². The van der Waals surface area contributed by atoms with E-state index in [0.29, 0.717) is 18.9 Å². The van der Waals surface area contributed by atoms with Gasteiger partial charge in [0.2, 0.25) is 0 Å². The van der Waals surface area contributed by atoms with Crippen molar-refractivity contribution in [2.24, 2.45) is 5.92 Å². The van der Waals surface area contributed by atoms with E-state index in [4.69, 9.17) is 5.11 Å². The highest BCUT2D eigenvalue weighted by molar-refractivity contribution is 5.74. The summed E-state index contributed by atoms with van der Waals surface area (Å²) in [5, 5.41) is 14.7. The first-order chi connectivity index (χ1) is 10.4. The average molecular weight is 323 g/mol. The molecule has 0 aromatic rings. The molecule has 1 unspecified atom stereocenters. The van der Waals surface area contributed by atoms with Crippen LogP contribution in [0.2, 0.25) is 0 Å². The van der Waals surface area contributed by atoms with Crippen LogP contribution in [0.3, 0.4) is 0 Å². The number of nitrogens with zero attached hydrogens (tertiary/aromatic N) is 1. The number of rotatable bonds is 4. The van der Waals surface area contributed by atoms with Crippen molar-refractivity contribution in [3.8, 4) is 0 Å². The van der Waals surface area contributed by atoms with Crippen LogP contribution in [0.5, 0.6) is 0 Å². The van der Waals surface area contributed by atoms with Gasteiger partial charge in [0.05, 0.1) is 6.54 Å². The number of aliphatic hydroxyl groups is 1. The molecular weight excluding hydrogens is 299 g/mol. The van der Waals surface area contributed by atoms with Crippen molar-refractivity contribution >= 4 is 6.03 Å². The lowest BCUT2D eigenvalue weighted by Crippen LogP contribution is -2.48. The lowest BCUT2D eigenvalue weighted by molar-refractivity contribution is -0.143. The van der Waals surface area contributed by atoms with Gasteiger partial charge in [-0.25, -0.2) is 4.79 Å². The van der Waals surface area contributed by atoms with E-state index in [1.54, 1.807) is 0 Å². The molecule has 1 aliphatic heterocycles. The van der Waals surface area contributed by atoms with Crippen LogP contribution in [0.1, 0.15) is 32.1 Å². The first-order valence-corrected chi connectivity index (χ1v) is 7.82. The lowest BCUT2D eigenvalue weighted by Gasteiger charge is -2.28. The summed E-state index contributed by atoms with van der Waals surface area (Å²) in [5.41, 5.74) is 0. The smallest absolute Gasteiger partial charge is 0.396 e. The molecule has 1 aliphatic carbocycles. The fourth-order valence-electron chi connectivity index (χ4n) is 3.25. The van der Waals surface area contributed by atoms with Crippen molar-refractivity contribution in [3.63, 3.8) is 0 Å². The highest BCUT2D eigenvalue weighted by atomic mass is 19.4. The Morgan fingerprint density at radius 1 is 1.09 bits per heavy atom. The van der Waals surface area contributed by atoms with Gasteiger partial charge in [-0.2, -0.15) is 13.2 Å². The number of halogens is 3. The monoisotopic (exact) mass is 323 g/mol. The van der Waals surface area contributed by atoms with Gasteiger partial charge in [0.25, 0.3) is 0 Å². The number of nitrogens with one attached hydrogen (secondary N) is 2. The Labute approximate surface area is 128 Å². The van der Waals surface area contributed by atoms with Crippen LogP contribution >= 0.6 is 0 Å². The van der Waals surface area contributed by atoms with E-state index >= 15 is 0 Å². The molecule has 0 aromatic heterocycles. The van der Waals surface area contributed by atoms with Gasteiger partial charge in [-0.3, -0.25) is 4.90 Å². The van der Waals surface area contributed by atoms with Gasteiger partial charge in [0.1, 0.15) is 0 Å². The molecule has 0 spiro atoms. The standard InChI is InChI=1S/C14H24F3N3O2/c15-14(16,17)9-20-6-5-12(7-20)19-13(22)18-11-3-1-10(8-21)2-4-11/h10-12,21H,1-9H2,(H2,18,19,22). The second kappa shape index (κ2) is 7.50. The number of hydrogen-bond acceptors (Lipinski definition) is 3. The summed E-state index contributed by atoms with van der Waals surface area (Å²) < 4.78 is 36.9.